The molecule has 2 nitrogen and oxygen atoms in total. The van der Waals surface area contributed by atoms with Gasteiger partial charge in [-0.3, -0.25) is 4.98 Å². The molecule has 0 saturated carbocycles. The van der Waals surface area contributed by atoms with Crippen LogP contribution in [0.2, 0.25) is 0 Å². The van der Waals surface area contributed by atoms with E-state index in [1.165, 1.54) is 0 Å². The number of benzene rings is 1. The van der Waals surface area contributed by atoms with Crippen molar-refractivity contribution >= 4 is 15.9 Å². The number of aryl methyl sites for hydroxylation is 1. The molecule has 1 aromatic heterocycles. The molecule has 0 aliphatic rings. The molecular weight excluding hydrogens is 297 g/mol. The summed E-state index contributed by atoms with van der Waals surface area (Å²) in [5, 5.41) is 10.0. The predicted molar refractivity (Wildman–Crippen MR) is 71.6 cm³/mol. The average Bonchev–Trinajstić information content (AvgIpc) is 2.40. The van der Waals surface area contributed by atoms with Crippen LogP contribution in [0.15, 0.2) is 47.2 Å². The van der Waals surface area contributed by atoms with Gasteiger partial charge in [0.25, 0.3) is 0 Å². The van der Waals surface area contributed by atoms with Gasteiger partial charge in [-0.25, -0.2) is 4.39 Å². The van der Waals surface area contributed by atoms with E-state index in [2.05, 4.69) is 20.9 Å². The van der Waals surface area contributed by atoms with E-state index in [0.717, 1.165) is 5.56 Å². The molecule has 0 amide bonds. The lowest BCUT2D eigenvalue weighted by molar-refractivity contribution is 0.163. The molecule has 1 aromatic carbocycles. The van der Waals surface area contributed by atoms with E-state index in [1.807, 2.05) is 12.1 Å². The van der Waals surface area contributed by atoms with Crippen molar-refractivity contribution in [1.82, 2.24) is 4.98 Å². The van der Waals surface area contributed by atoms with Gasteiger partial charge in [0.15, 0.2) is 0 Å². The fourth-order valence-electron chi connectivity index (χ4n) is 1.78. The molecule has 1 unspecified atom stereocenters. The second-order valence-electron chi connectivity index (χ2n) is 4.06. The normalized spacial score (nSPS) is 12.4. The molecule has 2 aromatic rings. The summed E-state index contributed by atoms with van der Waals surface area (Å²) >= 11 is 3.11. The number of aliphatic hydroxyl groups excluding tert-OH is 1. The molecule has 1 N–H and O–H groups in total. The molecule has 0 aliphatic heterocycles. The quantitative estimate of drug-likeness (QED) is 0.935. The molecule has 4 heteroatoms. The van der Waals surface area contributed by atoms with Gasteiger partial charge in [0.1, 0.15) is 5.82 Å². The maximum absolute atomic E-state index is 13.8. The van der Waals surface area contributed by atoms with Gasteiger partial charge in [-0.2, -0.15) is 0 Å². The molecule has 2 rings (SSSR count). The summed E-state index contributed by atoms with van der Waals surface area (Å²) in [6.07, 6.45) is 3.79. The molecule has 18 heavy (non-hydrogen) atoms. The molecule has 1 atom stereocenters. The van der Waals surface area contributed by atoms with Gasteiger partial charge in [-0.15, -0.1) is 0 Å². The molecule has 0 saturated heterocycles. The molecule has 0 spiro atoms. The summed E-state index contributed by atoms with van der Waals surface area (Å²) in [6.45, 7) is 0. The van der Waals surface area contributed by atoms with E-state index in [4.69, 9.17) is 0 Å². The van der Waals surface area contributed by atoms with E-state index in [-0.39, 0.29) is 0 Å². The first-order chi connectivity index (χ1) is 8.68. The van der Waals surface area contributed by atoms with Crippen LogP contribution in [-0.4, -0.2) is 10.1 Å². The Hall–Kier alpha value is -1.26. The number of aliphatic hydroxyl groups is 1. The van der Waals surface area contributed by atoms with Crippen LogP contribution in [0, 0.1) is 5.82 Å². The van der Waals surface area contributed by atoms with E-state index < -0.39 is 11.9 Å². The van der Waals surface area contributed by atoms with Gasteiger partial charge < -0.3 is 5.11 Å². The largest absolute Gasteiger partial charge is 0.388 e. The number of nitrogens with zero attached hydrogens (tertiary/aromatic N) is 1. The molecule has 1 heterocycles. The number of hydrogen-bond donors (Lipinski definition) is 1. The van der Waals surface area contributed by atoms with Crippen molar-refractivity contribution < 1.29 is 9.50 Å². The van der Waals surface area contributed by atoms with E-state index in [1.54, 1.807) is 30.6 Å². The van der Waals surface area contributed by atoms with Crippen LogP contribution in [-0.2, 0) is 6.42 Å². The SMILES string of the molecule is OC(CCc1cccnc1)c1cccc(Br)c1F. The fourth-order valence-corrected chi connectivity index (χ4v) is 2.16. The Morgan fingerprint density at radius 3 is 2.83 bits per heavy atom. The lowest BCUT2D eigenvalue weighted by Crippen LogP contribution is -2.03. The Morgan fingerprint density at radius 1 is 1.28 bits per heavy atom. The van der Waals surface area contributed by atoms with Crippen molar-refractivity contribution in [3.05, 3.63) is 64.1 Å². The Morgan fingerprint density at radius 2 is 2.11 bits per heavy atom. The second kappa shape index (κ2) is 6.07. The van der Waals surface area contributed by atoms with Gasteiger partial charge in [-0.1, -0.05) is 18.2 Å². The van der Waals surface area contributed by atoms with Gasteiger partial charge in [0.05, 0.1) is 10.6 Å². The smallest absolute Gasteiger partial charge is 0.143 e. The Balaban J connectivity index is 2.04. The van der Waals surface area contributed by atoms with Gasteiger partial charge in [0.2, 0.25) is 0 Å². The van der Waals surface area contributed by atoms with E-state index >= 15 is 0 Å². The maximum atomic E-state index is 13.8. The monoisotopic (exact) mass is 309 g/mol. The predicted octanol–water partition coefficient (Wildman–Crippen LogP) is 3.65. The first-order valence-corrected chi connectivity index (χ1v) is 6.48. The molecule has 0 aliphatic carbocycles. The summed E-state index contributed by atoms with van der Waals surface area (Å²) in [4.78, 5) is 4.00. The highest BCUT2D eigenvalue weighted by atomic mass is 79.9. The zero-order valence-corrected chi connectivity index (χ0v) is 11.3. The highest BCUT2D eigenvalue weighted by molar-refractivity contribution is 9.10. The molecule has 0 radical (unpaired) electrons. The zero-order chi connectivity index (χ0) is 13.0. The van der Waals surface area contributed by atoms with Crippen molar-refractivity contribution in [2.45, 2.75) is 18.9 Å². The van der Waals surface area contributed by atoms with Crippen molar-refractivity contribution in [2.75, 3.05) is 0 Å². The minimum atomic E-state index is -0.803. The van der Waals surface area contributed by atoms with Crippen LogP contribution in [0.5, 0.6) is 0 Å². The van der Waals surface area contributed by atoms with Gasteiger partial charge in [-0.05, 0) is 46.5 Å². The average molecular weight is 310 g/mol. The number of hydrogen-bond acceptors (Lipinski definition) is 2. The number of aromatic nitrogens is 1. The third-order valence-corrected chi connectivity index (χ3v) is 3.38. The first kappa shape index (κ1) is 13.2. The van der Waals surface area contributed by atoms with Gasteiger partial charge >= 0.3 is 0 Å². The summed E-state index contributed by atoms with van der Waals surface area (Å²) in [7, 11) is 0. The summed E-state index contributed by atoms with van der Waals surface area (Å²) in [5.74, 6) is -0.392. The number of halogens is 2. The standard InChI is InChI=1S/C14H13BrFNO/c15-12-5-1-4-11(14(12)16)13(18)7-6-10-3-2-8-17-9-10/h1-5,8-9,13,18H,6-7H2. The van der Waals surface area contributed by atoms with Crippen LogP contribution in [0.1, 0.15) is 23.7 Å². The third-order valence-electron chi connectivity index (χ3n) is 2.77. The topological polar surface area (TPSA) is 33.1 Å². The summed E-state index contributed by atoms with van der Waals surface area (Å²) in [5.41, 5.74) is 1.36. The Labute approximate surface area is 114 Å². The van der Waals surface area contributed by atoms with Crippen molar-refractivity contribution in [1.29, 1.82) is 0 Å². The van der Waals surface area contributed by atoms with Crippen molar-refractivity contribution in [3.63, 3.8) is 0 Å². The third kappa shape index (κ3) is 3.15. The molecule has 0 fully saturated rings. The van der Waals surface area contributed by atoms with E-state index in [9.17, 15) is 9.50 Å². The number of pyridine rings is 1. The van der Waals surface area contributed by atoms with Crippen LogP contribution < -0.4 is 0 Å². The summed E-state index contributed by atoms with van der Waals surface area (Å²) < 4.78 is 14.1. The van der Waals surface area contributed by atoms with Crippen molar-refractivity contribution in [2.24, 2.45) is 0 Å². The van der Waals surface area contributed by atoms with Crippen LogP contribution >= 0.6 is 15.9 Å². The highest BCUT2D eigenvalue weighted by Gasteiger charge is 2.14. The second-order valence-corrected chi connectivity index (χ2v) is 4.91. The maximum Gasteiger partial charge on any atom is 0.143 e. The molecular formula is C14H13BrFNO. The summed E-state index contributed by atoms with van der Waals surface area (Å²) in [6, 6.07) is 8.73. The lowest BCUT2D eigenvalue weighted by Gasteiger charge is -2.12. The molecule has 94 valence electrons. The minimum absolute atomic E-state index is 0.327. The Bertz CT molecular complexity index is 518. The Kier molecular flexibility index (Phi) is 4.44. The van der Waals surface area contributed by atoms with Crippen LogP contribution in [0.25, 0.3) is 0 Å². The van der Waals surface area contributed by atoms with Crippen LogP contribution in [0.3, 0.4) is 0 Å². The van der Waals surface area contributed by atoms with Crippen molar-refractivity contribution in [3.8, 4) is 0 Å². The first-order valence-electron chi connectivity index (χ1n) is 5.69. The highest BCUT2D eigenvalue weighted by Crippen LogP contribution is 2.26. The van der Waals surface area contributed by atoms with Gasteiger partial charge in [0, 0.05) is 18.0 Å². The van der Waals surface area contributed by atoms with E-state index in [0.29, 0.717) is 22.9 Å². The fraction of sp³-hybridized carbons (Fsp3) is 0.214. The minimum Gasteiger partial charge on any atom is -0.388 e. The lowest BCUT2D eigenvalue weighted by atomic mass is 10.0. The molecule has 0 bridgehead atoms. The van der Waals surface area contributed by atoms with Crippen LogP contribution in [0.4, 0.5) is 4.39 Å². The zero-order valence-electron chi connectivity index (χ0n) is 9.68. The number of rotatable bonds is 4.